The lowest BCUT2D eigenvalue weighted by atomic mass is 9.92. The molecule has 0 radical (unpaired) electrons. The molecule has 2 heterocycles. The number of ether oxygens (including phenoxy) is 1. The quantitative estimate of drug-likeness (QED) is 0.813. The van der Waals surface area contributed by atoms with Crippen molar-refractivity contribution in [2.24, 2.45) is 11.7 Å². The Morgan fingerprint density at radius 1 is 1.30 bits per heavy atom. The van der Waals surface area contributed by atoms with Crippen LogP contribution in [-0.2, 0) is 6.61 Å². The lowest BCUT2D eigenvalue weighted by molar-refractivity contribution is 0.0573. The minimum absolute atomic E-state index is 0. The van der Waals surface area contributed by atoms with Gasteiger partial charge in [0.1, 0.15) is 12.4 Å². The standard InChI is InChI=1S/C20H25N3O2.2ClH/c1-15-7-9-23(18(10-15)12-21)20(24)17-5-2-6-19(11-17)25-14-16-4-3-8-22-13-16;;/h2-6,8,11,13,15,18H,7,9-10,12,14,21H2,1H3;2*1H. The number of carbonyl (C=O) groups excluding carboxylic acids is 1. The summed E-state index contributed by atoms with van der Waals surface area (Å²) in [5.74, 6) is 1.34. The molecule has 148 valence electrons. The third-order valence-corrected chi connectivity index (χ3v) is 4.72. The maximum Gasteiger partial charge on any atom is 0.254 e. The van der Waals surface area contributed by atoms with Gasteiger partial charge in [0.2, 0.25) is 0 Å². The van der Waals surface area contributed by atoms with E-state index < -0.39 is 0 Å². The predicted octanol–water partition coefficient (Wildman–Crippen LogP) is 3.70. The van der Waals surface area contributed by atoms with Crippen molar-refractivity contribution in [1.29, 1.82) is 0 Å². The second-order valence-electron chi connectivity index (χ2n) is 6.70. The SMILES string of the molecule is CC1CCN(C(=O)c2cccc(OCc3cccnc3)c2)C(CN)C1.Cl.Cl. The molecule has 2 atom stereocenters. The normalized spacial score (nSPS) is 18.8. The first-order chi connectivity index (χ1) is 12.2. The van der Waals surface area contributed by atoms with Crippen molar-refractivity contribution >= 4 is 30.7 Å². The van der Waals surface area contributed by atoms with Gasteiger partial charge in [-0.25, -0.2) is 0 Å². The van der Waals surface area contributed by atoms with E-state index >= 15 is 0 Å². The Morgan fingerprint density at radius 2 is 2.11 bits per heavy atom. The number of nitrogens with two attached hydrogens (primary N) is 1. The van der Waals surface area contributed by atoms with E-state index in [1.165, 1.54) is 0 Å². The molecule has 1 aromatic carbocycles. The average Bonchev–Trinajstić information content (AvgIpc) is 2.67. The molecular weight excluding hydrogens is 385 g/mol. The van der Waals surface area contributed by atoms with E-state index in [4.69, 9.17) is 10.5 Å². The number of pyridine rings is 1. The van der Waals surface area contributed by atoms with Gasteiger partial charge in [0.25, 0.3) is 5.91 Å². The molecule has 0 spiro atoms. The number of aromatic nitrogens is 1. The van der Waals surface area contributed by atoms with E-state index in [-0.39, 0.29) is 36.8 Å². The minimum Gasteiger partial charge on any atom is -0.489 e. The summed E-state index contributed by atoms with van der Waals surface area (Å²) in [7, 11) is 0. The predicted molar refractivity (Wildman–Crippen MR) is 112 cm³/mol. The first kappa shape index (κ1) is 23.2. The number of piperidine rings is 1. The van der Waals surface area contributed by atoms with Gasteiger partial charge < -0.3 is 15.4 Å². The van der Waals surface area contributed by atoms with Gasteiger partial charge in [-0.2, -0.15) is 0 Å². The smallest absolute Gasteiger partial charge is 0.254 e. The van der Waals surface area contributed by atoms with Crippen LogP contribution in [0.25, 0.3) is 0 Å². The first-order valence-electron chi connectivity index (χ1n) is 8.80. The van der Waals surface area contributed by atoms with Crippen molar-refractivity contribution in [3.8, 4) is 5.75 Å². The molecule has 2 aromatic rings. The molecule has 5 nitrogen and oxygen atoms in total. The van der Waals surface area contributed by atoms with E-state index in [1.54, 1.807) is 12.4 Å². The van der Waals surface area contributed by atoms with E-state index in [9.17, 15) is 4.79 Å². The molecule has 0 aliphatic carbocycles. The maximum absolute atomic E-state index is 12.9. The lowest BCUT2D eigenvalue weighted by Gasteiger charge is -2.38. The number of nitrogens with zero attached hydrogens (tertiary/aromatic N) is 2. The molecule has 2 unspecified atom stereocenters. The highest BCUT2D eigenvalue weighted by molar-refractivity contribution is 5.95. The Hall–Kier alpha value is -1.82. The van der Waals surface area contributed by atoms with Crippen LogP contribution < -0.4 is 10.5 Å². The fourth-order valence-corrected chi connectivity index (χ4v) is 3.28. The number of benzene rings is 1. The summed E-state index contributed by atoms with van der Waals surface area (Å²) in [5.41, 5.74) is 7.53. The topological polar surface area (TPSA) is 68.5 Å². The highest BCUT2D eigenvalue weighted by Gasteiger charge is 2.29. The van der Waals surface area contributed by atoms with Crippen LogP contribution in [0.4, 0.5) is 0 Å². The summed E-state index contributed by atoms with van der Waals surface area (Å²) >= 11 is 0. The summed E-state index contributed by atoms with van der Waals surface area (Å²) in [4.78, 5) is 18.9. The number of hydrogen-bond acceptors (Lipinski definition) is 4. The van der Waals surface area contributed by atoms with Gasteiger partial charge in [-0.1, -0.05) is 19.1 Å². The summed E-state index contributed by atoms with van der Waals surface area (Å²) < 4.78 is 5.81. The summed E-state index contributed by atoms with van der Waals surface area (Å²) in [6, 6.07) is 11.3. The van der Waals surface area contributed by atoms with Gasteiger partial charge in [-0.05, 0) is 43.0 Å². The number of halogens is 2. The molecule has 1 amide bonds. The van der Waals surface area contributed by atoms with Crippen molar-refractivity contribution in [1.82, 2.24) is 9.88 Å². The maximum atomic E-state index is 12.9. The number of carbonyl (C=O) groups is 1. The zero-order chi connectivity index (χ0) is 17.6. The van der Waals surface area contributed by atoms with Gasteiger partial charge >= 0.3 is 0 Å². The van der Waals surface area contributed by atoms with Gasteiger partial charge in [0, 0.05) is 42.7 Å². The van der Waals surface area contributed by atoms with Crippen LogP contribution in [0.5, 0.6) is 5.75 Å². The van der Waals surface area contributed by atoms with Gasteiger partial charge in [0.15, 0.2) is 0 Å². The van der Waals surface area contributed by atoms with E-state index in [0.29, 0.717) is 30.4 Å². The van der Waals surface area contributed by atoms with Crippen molar-refractivity contribution in [2.45, 2.75) is 32.4 Å². The summed E-state index contributed by atoms with van der Waals surface area (Å²) in [6.07, 6.45) is 5.50. The van der Waals surface area contributed by atoms with Crippen LogP contribution in [-0.4, -0.2) is 34.9 Å². The fraction of sp³-hybridized carbons (Fsp3) is 0.400. The molecule has 3 rings (SSSR count). The van der Waals surface area contributed by atoms with Gasteiger partial charge in [-0.3, -0.25) is 9.78 Å². The highest BCUT2D eigenvalue weighted by atomic mass is 35.5. The van der Waals surface area contributed by atoms with Crippen LogP contribution in [0.15, 0.2) is 48.8 Å². The zero-order valence-electron chi connectivity index (χ0n) is 15.4. The number of hydrogen-bond donors (Lipinski definition) is 1. The van der Waals surface area contributed by atoms with Crippen molar-refractivity contribution in [2.75, 3.05) is 13.1 Å². The molecule has 1 aliphatic heterocycles. The van der Waals surface area contributed by atoms with Crippen molar-refractivity contribution < 1.29 is 9.53 Å². The molecule has 1 aromatic heterocycles. The zero-order valence-corrected chi connectivity index (χ0v) is 17.0. The van der Waals surface area contributed by atoms with E-state index in [2.05, 4.69) is 11.9 Å². The molecule has 1 aliphatic rings. The lowest BCUT2D eigenvalue weighted by Crippen LogP contribution is -2.49. The molecule has 27 heavy (non-hydrogen) atoms. The minimum atomic E-state index is 0. The number of amides is 1. The van der Waals surface area contributed by atoms with Gasteiger partial charge in [0.05, 0.1) is 0 Å². The highest BCUT2D eigenvalue weighted by Crippen LogP contribution is 2.25. The Labute approximate surface area is 173 Å². The molecule has 0 saturated carbocycles. The summed E-state index contributed by atoms with van der Waals surface area (Å²) in [6.45, 7) is 3.92. The van der Waals surface area contributed by atoms with Crippen molar-refractivity contribution in [3.63, 3.8) is 0 Å². The average molecular weight is 412 g/mol. The first-order valence-corrected chi connectivity index (χ1v) is 8.80. The molecule has 2 N–H and O–H groups in total. The Balaban J connectivity index is 0.00000182. The van der Waals surface area contributed by atoms with E-state index in [0.717, 1.165) is 24.9 Å². The largest absolute Gasteiger partial charge is 0.489 e. The molecular formula is C20H27Cl2N3O2. The van der Waals surface area contributed by atoms with Crippen LogP contribution in [0.1, 0.15) is 35.7 Å². The van der Waals surface area contributed by atoms with Crippen LogP contribution in [0.2, 0.25) is 0 Å². The third kappa shape index (κ3) is 6.09. The van der Waals surface area contributed by atoms with E-state index in [1.807, 2.05) is 41.3 Å². The Morgan fingerprint density at radius 3 is 2.81 bits per heavy atom. The number of rotatable bonds is 5. The monoisotopic (exact) mass is 411 g/mol. The molecule has 7 heteroatoms. The van der Waals surface area contributed by atoms with Crippen LogP contribution >= 0.6 is 24.8 Å². The van der Waals surface area contributed by atoms with Crippen LogP contribution in [0.3, 0.4) is 0 Å². The second-order valence-corrected chi connectivity index (χ2v) is 6.70. The molecule has 1 fully saturated rings. The molecule has 1 saturated heterocycles. The van der Waals surface area contributed by atoms with Gasteiger partial charge in [-0.15, -0.1) is 24.8 Å². The second kappa shape index (κ2) is 11.1. The summed E-state index contributed by atoms with van der Waals surface area (Å²) in [5, 5.41) is 0. The molecule has 0 bridgehead atoms. The van der Waals surface area contributed by atoms with Crippen molar-refractivity contribution in [3.05, 3.63) is 59.9 Å². The number of likely N-dealkylation sites (tertiary alicyclic amines) is 1. The Kier molecular flexibility index (Phi) is 9.56. The fourth-order valence-electron chi connectivity index (χ4n) is 3.28. The van der Waals surface area contributed by atoms with Crippen LogP contribution in [0, 0.1) is 5.92 Å². The Bertz CT molecular complexity index is 715. The third-order valence-electron chi connectivity index (χ3n) is 4.72.